The molecule has 0 saturated carbocycles. The summed E-state index contributed by atoms with van der Waals surface area (Å²) < 4.78 is 16.3. The van der Waals surface area contributed by atoms with Crippen molar-refractivity contribution in [1.82, 2.24) is 9.47 Å². The third-order valence-electron chi connectivity index (χ3n) is 5.75. The fourth-order valence-corrected chi connectivity index (χ4v) is 5.56. The second-order valence-electron chi connectivity index (χ2n) is 7.90. The molecule has 1 aromatic heterocycles. The Kier molecular flexibility index (Phi) is 6.64. The maximum absolute atomic E-state index is 14.4. The molecule has 0 N–H and O–H groups in total. The number of nitrogens with zero attached hydrogens (tertiary/aromatic N) is 2. The maximum atomic E-state index is 14.4. The SMILES string of the molecule is O=C1S/C(=C/c2cn(Cc3c(F)cccc3Cl)c3ccccc23)C(=O)N1Cc1c(Cl)cccc1Cl. The van der Waals surface area contributed by atoms with Gasteiger partial charge < -0.3 is 4.57 Å². The monoisotopic (exact) mass is 544 g/mol. The van der Waals surface area contributed by atoms with Gasteiger partial charge in [-0.1, -0.05) is 65.1 Å². The van der Waals surface area contributed by atoms with E-state index in [2.05, 4.69) is 0 Å². The number of amides is 2. The smallest absolute Gasteiger partial charge is 0.293 e. The molecule has 176 valence electrons. The zero-order valence-corrected chi connectivity index (χ0v) is 21.1. The Labute approximate surface area is 219 Å². The van der Waals surface area contributed by atoms with Crippen LogP contribution in [0.1, 0.15) is 16.7 Å². The van der Waals surface area contributed by atoms with Crippen LogP contribution in [-0.2, 0) is 17.9 Å². The van der Waals surface area contributed by atoms with Crippen LogP contribution in [0.3, 0.4) is 0 Å². The van der Waals surface area contributed by atoms with Crippen molar-refractivity contribution in [1.29, 1.82) is 0 Å². The minimum absolute atomic E-state index is 0.0198. The average molecular weight is 546 g/mol. The highest BCUT2D eigenvalue weighted by Crippen LogP contribution is 2.37. The van der Waals surface area contributed by atoms with Gasteiger partial charge in [0.2, 0.25) is 0 Å². The predicted octanol–water partition coefficient (Wildman–Crippen LogP) is 8.03. The number of para-hydroxylation sites is 1. The van der Waals surface area contributed by atoms with E-state index in [0.29, 0.717) is 26.2 Å². The molecule has 1 saturated heterocycles. The van der Waals surface area contributed by atoms with Crippen LogP contribution in [0.4, 0.5) is 9.18 Å². The summed E-state index contributed by atoms with van der Waals surface area (Å²) in [6, 6.07) is 17.2. The predicted molar refractivity (Wildman–Crippen MR) is 140 cm³/mol. The number of benzene rings is 3. The Bertz CT molecular complexity index is 1490. The highest BCUT2D eigenvalue weighted by Gasteiger charge is 2.36. The van der Waals surface area contributed by atoms with E-state index in [0.717, 1.165) is 33.1 Å². The molecule has 1 fully saturated rings. The number of carbonyl (C=O) groups excluding carboxylic acids is 2. The van der Waals surface area contributed by atoms with Crippen molar-refractivity contribution in [3.63, 3.8) is 0 Å². The Morgan fingerprint density at radius 2 is 1.49 bits per heavy atom. The summed E-state index contributed by atoms with van der Waals surface area (Å²) >= 11 is 19.6. The van der Waals surface area contributed by atoms with Crippen molar-refractivity contribution in [2.24, 2.45) is 0 Å². The van der Waals surface area contributed by atoms with Gasteiger partial charge >= 0.3 is 0 Å². The summed E-state index contributed by atoms with van der Waals surface area (Å²) in [5, 5.41) is 1.56. The number of imide groups is 1. The summed E-state index contributed by atoms with van der Waals surface area (Å²) in [5.41, 5.74) is 2.46. The number of hydrogen-bond acceptors (Lipinski definition) is 3. The zero-order chi connectivity index (χ0) is 24.7. The molecule has 2 amide bonds. The highest BCUT2D eigenvalue weighted by atomic mass is 35.5. The second kappa shape index (κ2) is 9.70. The number of hydrogen-bond donors (Lipinski definition) is 0. The minimum Gasteiger partial charge on any atom is -0.342 e. The third kappa shape index (κ3) is 4.59. The lowest BCUT2D eigenvalue weighted by Crippen LogP contribution is -2.27. The molecule has 0 spiro atoms. The lowest BCUT2D eigenvalue weighted by molar-refractivity contribution is -0.123. The van der Waals surface area contributed by atoms with Gasteiger partial charge in [-0.3, -0.25) is 14.5 Å². The Morgan fingerprint density at radius 1 is 0.829 bits per heavy atom. The Hall–Kier alpha value is -2.77. The van der Waals surface area contributed by atoms with E-state index in [1.54, 1.807) is 36.4 Å². The minimum atomic E-state index is -0.426. The normalized spacial score (nSPS) is 15.1. The van der Waals surface area contributed by atoms with Gasteiger partial charge in [0.25, 0.3) is 11.1 Å². The molecule has 1 aliphatic rings. The molecule has 0 radical (unpaired) electrons. The van der Waals surface area contributed by atoms with Crippen LogP contribution in [0.15, 0.2) is 71.8 Å². The summed E-state index contributed by atoms with van der Waals surface area (Å²) in [6.45, 7) is 0.195. The van der Waals surface area contributed by atoms with E-state index >= 15 is 0 Å². The van der Waals surface area contributed by atoms with Crippen molar-refractivity contribution < 1.29 is 14.0 Å². The van der Waals surface area contributed by atoms with Gasteiger partial charge in [0.1, 0.15) is 5.82 Å². The molecule has 0 unspecified atom stereocenters. The van der Waals surface area contributed by atoms with Crippen LogP contribution in [0, 0.1) is 5.82 Å². The topological polar surface area (TPSA) is 42.3 Å². The van der Waals surface area contributed by atoms with Gasteiger partial charge in [-0.05, 0) is 48.2 Å². The second-order valence-corrected chi connectivity index (χ2v) is 10.1. The molecule has 2 heterocycles. The van der Waals surface area contributed by atoms with E-state index in [1.165, 1.54) is 6.07 Å². The van der Waals surface area contributed by atoms with Crippen LogP contribution in [0.5, 0.6) is 0 Å². The first-order chi connectivity index (χ1) is 16.8. The fraction of sp³-hybridized carbons (Fsp3) is 0.0769. The summed E-state index contributed by atoms with van der Waals surface area (Å²) in [7, 11) is 0. The number of thioether (sulfide) groups is 1. The van der Waals surface area contributed by atoms with Crippen LogP contribution in [0.2, 0.25) is 15.1 Å². The van der Waals surface area contributed by atoms with Crippen molar-refractivity contribution in [2.75, 3.05) is 0 Å². The van der Waals surface area contributed by atoms with Crippen LogP contribution in [0.25, 0.3) is 17.0 Å². The van der Waals surface area contributed by atoms with Crippen molar-refractivity contribution >= 4 is 74.7 Å². The summed E-state index contributed by atoms with van der Waals surface area (Å²) in [4.78, 5) is 27.2. The molecular formula is C26H16Cl3FN2O2S. The lowest BCUT2D eigenvalue weighted by Gasteiger charge is -2.14. The molecule has 9 heteroatoms. The van der Waals surface area contributed by atoms with E-state index in [4.69, 9.17) is 34.8 Å². The van der Waals surface area contributed by atoms with E-state index in [1.807, 2.05) is 35.0 Å². The van der Waals surface area contributed by atoms with Crippen LogP contribution < -0.4 is 0 Å². The van der Waals surface area contributed by atoms with Gasteiger partial charge in [0.05, 0.1) is 18.0 Å². The van der Waals surface area contributed by atoms with Crippen molar-refractivity contribution in [3.05, 3.63) is 109 Å². The molecule has 0 aliphatic carbocycles. The van der Waals surface area contributed by atoms with Gasteiger partial charge in [0, 0.05) is 48.9 Å². The first-order valence-corrected chi connectivity index (χ1v) is 12.5. The number of halogens is 4. The number of fused-ring (bicyclic) bond motifs is 1. The first-order valence-electron chi connectivity index (χ1n) is 10.5. The van der Waals surface area contributed by atoms with E-state index in [9.17, 15) is 14.0 Å². The largest absolute Gasteiger partial charge is 0.342 e. The van der Waals surface area contributed by atoms with Crippen LogP contribution in [-0.4, -0.2) is 20.6 Å². The average Bonchev–Trinajstić information content (AvgIpc) is 3.30. The standard InChI is InChI=1S/C26H16Cl3FN2O2S/c27-19-6-3-7-20(28)17(19)14-32-25(33)24(35-26(32)34)11-15-12-31(23-10-2-1-5-16(15)23)13-18-21(29)8-4-9-22(18)30/h1-12H,13-14H2/b24-11+. The van der Waals surface area contributed by atoms with Gasteiger partial charge in [-0.15, -0.1) is 0 Å². The van der Waals surface area contributed by atoms with Crippen molar-refractivity contribution in [2.45, 2.75) is 13.1 Å². The molecule has 4 aromatic rings. The Balaban J connectivity index is 1.49. The van der Waals surface area contributed by atoms with Crippen LogP contribution >= 0.6 is 46.6 Å². The molecule has 3 aromatic carbocycles. The van der Waals surface area contributed by atoms with Gasteiger partial charge in [-0.25, -0.2) is 4.39 Å². The fourth-order valence-electron chi connectivity index (χ4n) is 3.99. The van der Waals surface area contributed by atoms with E-state index < -0.39 is 17.0 Å². The van der Waals surface area contributed by atoms with Crippen molar-refractivity contribution in [3.8, 4) is 0 Å². The molecule has 0 atom stereocenters. The molecule has 0 bridgehead atoms. The molecule has 4 nitrogen and oxygen atoms in total. The van der Waals surface area contributed by atoms with E-state index in [-0.39, 0.29) is 18.0 Å². The molecule has 1 aliphatic heterocycles. The lowest BCUT2D eigenvalue weighted by atomic mass is 10.1. The number of rotatable bonds is 5. The molecular weight excluding hydrogens is 530 g/mol. The highest BCUT2D eigenvalue weighted by molar-refractivity contribution is 8.18. The van der Waals surface area contributed by atoms with Gasteiger partial charge in [0.15, 0.2) is 0 Å². The summed E-state index contributed by atoms with van der Waals surface area (Å²) in [6.07, 6.45) is 3.51. The molecule has 5 rings (SSSR count). The maximum Gasteiger partial charge on any atom is 0.293 e. The first kappa shape index (κ1) is 23.9. The van der Waals surface area contributed by atoms with Gasteiger partial charge in [-0.2, -0.15) is 0 Å². The Morgan fingerprint density at radius 3 is 2.20 bits per heavy atom. The zero-order valence-electron chi connectivity index (χ0n) is 18.0. The quantitative estimate of drug-likeness (QED) is 0.238. The summed E-state index contributed by atoms with van der Waals surface area (Å²) in [5.74, 6) is -0.818. The number of carbonyl (C=O) groups is 2. The number of aromatic nitrogens is 1. The third-order valence-corrected chi connectivity index (χ3v) is 7.72. The molecule has 35 heavy (non-hydrogen) atoms.